The Morgan fingerprint density at radius 2 is 1.50 bits per heavy atom. The third-order valence-corrected chi connectivity index (χ3v) is 3.82. The monoisotopic (exact) mass is 358 g/mol. The summed E-state index contributed by atoms with van der Waals surface area (Å²) in [5.41, 5.74) is -0.946. The van der Waals surface area contributed by atoms with Crippen LogP contribution in [0, 0.1) is 0 Å². The molecule has 0 spiro atoms. The quantitative estimate of drug-likeness (QED) is 0.209. The lowest BCUT2D eigenvalue weighted by molar-refractivity contribution is 0.100. The fourth-order valence-corrected chi connectivity index (χ4v) is 2.53. The molecule has 0 aliphatic carbocycles. The molecular formula is C17H14N2O7. The molecule has 7 N–H and O–H groups in total. The predicted molar refractivity (Wildman–Crippen MR) is 92.2 cm³/mol. The van der Waals surface area contributed by atoms with Crippen molar-refractivity contribution in [3.8, 4) is 28.7 Å². The molecule has 0 fully saturated rings. The fourth-order valence-electron chi connectivity index (χ4n) is 2.53. The molecule has 3 aromatic rings. The average molecular weight is 358 g/mol. The van der Waals surface area contributed by atoms with E-state index >= 15 is 0 Å². The Morgan fingerprint density at radius 3 is 2.15 bits per heavy atom. The van der Waals surface area contributed by atoms with Gasteiger partial charge in [0.1, 0.15) is 17.2 Å². The highest BCUT2D eigenvalue weighted by atomic mass is 16.3. The number of carbonyl (C=O) groups is 1. The number of aromatic nitrogens is 1. The van der Waals surface area contributed by atoms with Crippen LogP contribution >= 0.6 is 0 Å². The van der Waals surface area contributed by atoms with Gasteiger partial charge in [-0.1, -0.05) is 0 Å². The third kappa shape index (κ3) is 2.81. The maximum Gasteiger partial charge on any atom is 0.290 e. The van der Waals surface area contributed by atoms with Crippen molar-refractivity contribution in [3.05, 3.63) is 46.4 Å². The average Bonchev–Trinajstić information content (AvgIpc) is 2.60. The third-order valence-electron chi connectivity index (χ3n) is 3.82. The number of nitrogens with one attached hydrogen (secondary N) is 2. The first-order valence-corrected chi connectivity index (χ1v) is 7.38. The van der Waals surface area contributed by atoms with Crippen molar-refractivity contribution < 1.29 is 30.3 Å². The van der Waals surface area contributed by atoms with Crippen LogP contribution in [0.3, 0.4) is 0 Å². The van der Waals surface area contributed by atoms with Gasteiger partial charge in [0.05, 0.1) is 28.7 Å². The second-order valence-electron chi connectivity index (χ2n) is 5.51. The van der Waals surface area contributed by atoms with Crippen molar-refractivity contribution in [2.24, 2.45) is 0 Å². The summed E-state index contributed by atoms with van der Waals surface area (Å²) in [5.74, 6) is -2.68. The highest BCUT2D eigenvalue weighted by Gasteiger charge is 2.18. The van der Waals surface area contributed by atoms with Gasteiger partial charge < -0.3 is 35.8 Å². The van der Waals surface area contributed by atoms with E-state index in [1.807, 2.05) is 0 Å². The minimum atomic E-state index is -0.817. The number of phenolic OH excluding ortho intramolecular Hbond substituents is 4. The molecule has 134 valence electrons. The number of carbonyl (C=O) groups excluding carboxylic acids is 1. The first kappa shape index (κ1) is 17.0. The molecule has 0 saturated carbocycles. The van der Waals surface area contributed by atoms with Gasteiger partial charge >= 0.3 is 0 Å². The summed E-state index contributed by atoms with van der Waals surface area (Å²) in [6.45, 7) is -0.362. The molecule has 0 aliphatic heterocycles. The Labute approximate surface area is 145 Å². The Kier molecular flexibility index (Phi) is 4.05. The molecule has 0 aliphatic rings. The van der Waals surface area contributed by atoms with E-state index in [-0.39, 0.29) is 40.2 Å². The SMILES string of the molecule is O=C(CNc1cc(O)c2c(O)ccc(O)c2c1O)c1ccc(O)c(=O)[nH]1. The van der Waals surface area contributed by atoms with Crippen LogP contribution in [0.2, 0.25) is 0 Å². The smallest absolute Gasteiger partial charge is 0.290 e. The number of rotatable bonds is 4. The van der Waals surface area contributed by atoms with Gasteiger partial charge in [0.15, 0.2) is 17.3 Å². The number of hydrogen-bond donors (Lipinski definition) is 7. The predicted octanol–water partition coefficient (Wildman–Crippen LogP) is 1.35. The van der Waals surface area contributed by atoms with Crippen LogP contribution in [-0.2, 0) is 0 Å². The molecule has 9 heteroatoms. The fraction of sp³-hybridized carbons (Fsp3) is 0.0588. The van der Waals surface area contributed by atoms with E-state index in [2.05, 4.69) is 10.3 Å². The van der Waals surface area contributed by atoms with E-state index in [1.165, 1.54) is 6.07 Å². The van der Waals surface area contributed by atoms with Crippen LogP contribution in [0.25, 0.3) is 10.8 Å². The van der Waals surface area contributed by atoms with Gasteiger partial charge in [-0.2, -0.15) is 0 Å². The molecule has 0 unspecified atom stereocenters. The van der Waals surface area contributed by atoms with E-state index in [0.29, 0.717) is 0 Å². The number of benzene rings is 2. The summed E-state index contributed by atoms with van der Waals surface area (Å²) in [4.78, 5) is 25.6. The van der Waals surface area contributed by atoms with E-state index in [1.54, 1.807) is 0 Å². The lowest BCUT2D eigenvalue weighted by Crippen LogP contribution is -2.19. The van der Waals surface area contributed by atoms with Crippen molar-refractivity contribution >= 4 is 22.2 Å². The van der Waals surface area contributed by atoms with E-state index in [9.17, 15) is 35.1 Å². The summed E-state index contributed by atoms with van der Waals surface area (Å²) in [7, 11) is 0. The minimum absolute atomic E-state index is 0.0645. The summed E-state index contributed by atoms with van der Waals surface area (Å²) in [6, 6.07) is 5.69. The lowest BCUT2D eigenvalue weighted by Gasteiger charge is -2.13. The molecule has 2 aromatic carbocycles. The van der Waals surface area contributed by atoms with Gasteiger partial charge in [0.2, 0.25) is 0 Å². The van der Waals surface area contributed by atoms with Crippen LogP contribution in [0.15, 0.2) is 35.1 Å². The second-order valence-corrected chi connectivity index (χ2v) is 5.51. The molecule has 0 bridgehead atoms. The van der Waals surface area contributed by atoms with Crippen molar-refractivity contribution in [3.63, 3.8) is 0 Å². The number of hydrogen-bond acceptors (Lipinski definition) is 8. The lowest BCUT2D eigenvalue weighted by atomic mass is 10.0. The summed E-state index contributed by atoms with van der Waals surface area (Å²) in [5, 5.41) is 51.5. The number of aromatic amines is 1. The molecule has 0 amide bonds. The molecule has 9 nitrogen and oxygen atoms in total. The molecule has 0 radical (unpaired) electrons. The van der Waals surface area contributed by atoms with Crippen LogP contribution < -0.4 is 10.9 Å². The molecule has 1 heterocycles. The molecule has 3 rings (SSSR count). The van der Waals surface area contributed by atoms with E-state index in [4.69, 9.17) is 0 Å². The van der Waals surface area contributed by atoms with Crippen LogP contribution in [-0.4, -0.2) is 42.8 Å². The highest BCUT2D eigenvalue weighted by Crippen LogP contribution is 2.46. The Morgan fingerprint density at radius 1 is 0.885 bits per heavy atom. The molecular weight excluding hydrogens is 344 g/mol. The standard InChI is InChI=1S/C17H14N2O7/c20-9-3-4-10(21)15-14(9)12(23)5-8(16(15)25)18-6-13(24)7-1-2-11(22)17(26)19-7/h1-5,18,20-23,25H,6H2,(H,19,26). The summed E-state index contributed by atoms with van der Waals surface area (Å²) >= 11 is 0. The van der Waals surface area contributed by atoms with Crippen molar-refractivity contribution in [1.82, 2.24) is 4.98 Å². The number of aromatic hydroxyl groups is 5. The summed E-state index contributed by atoms with van der Waals surface area (Å²) < 4.78 is 0. The number of pyridine rings is 1. The highest BCUT2D eigenvalue weighted by molar-refractivity contribution is 6.05. The zero-order valence-corrected chi connectivity index (χ0v) is 13.1. The number of anilines is 1. The van der Waals surface area contributed by atoms with Crippen molar-refractivity contribution in [2.45, 2.75) is 0 Å². The van der Waals surface area contributed by atoms with Crippen LogP contribution in [0.1, 0.15) is 10.5 Å². The summed E-state index contributed by atoms with van der Waals surface area (Å²) in [6.07, 6.45) is 0. The van der Waals surface area contributed by atoms with Crippen molar-refractivity contribution in [2.75, 3.05) is 11.9 Å². The Balaban J connectivity index is 1.93. The minimum Gasteiger partial charge on any atom is -0.507 e. The van der Waals surface area contributed by atoms with Gasteiger partial charge in [0, 0.05) is 6.07 Å². The molecule has 0 saturated heterocycles. The molecule has 26 heavy (non-hydrogen) atoms. The first-order chi connectivity index (χ1) is 12.3. The Bertz CT molecular complexity index is 1090. The number of Topliss-reactive ketones (excluding diaryl/α,β-unsaturated/α-hetero) is 1. The normalized spacial score (nSPS) is 10.8. The number of ketones is 1. The maximum atomic E-state index is 12.1. The van der Waals surface area contributed by atoms with Crippen LogP contribution in [0.5, 0.6) is 28.7 Å². The van der Waals surface area contributed by atoms with Gasteiger partial charge in [-0.15, -0.1) is 0 Å². The van der Waals surface area contributed by atoms with Gasteiger partial charge in [-0.25, -0.2) is 0 Å². The van der Waals surface area contributed by atoms with Gasteiger partial charge in [-0.3, -0.25) is 9.59 Å². The number of H-pyrrole nitrogens is 1. The number of phenols is 4. The van der Waals surface area contributed by atoms with E-state index < -0.39 is 28.6 Å². The maximum absolute atomic E-state index is 12.1. The second kappa shape index (κ2) is 6.20. The zero-order valence-electron chi connectivity index (χ0n) is 13.1. The topological polar surface area (TPSA) is 163 Å². The first-order valence-electron chi connectivity index (χ1n) is 7.38. The van der Waals surface area contributed by atoms with Gasteiger partial charge in [0.25, 0.3) is 5.56 Å². The zero-order chi connectivity index (χ0) is 19.0. The largest absolute Gasteiger partial charge is 0.507 e. The van der Waals surface area contributed by atoms with Crippen molar-refractivity contribution in [1.29, 1.82) is 0 Å². The Hall–Kier alpha value is -3.88. The number of fused-ring (bicyclic) bond motifs is 1. The van der Waals surface area contributed by atoms with Gasteiger partial charge in [-0.05, 0) is 24.3 Å². The van der Waals surface area contributed by atoms with E-state index in [0.717, 1.165) is 24.3 Å². The molecule has 0 atom stereocenters. The van der Waals surface area contributed by atoms with Crippen LogP contribution in [0.4, 0.5) is 5.69 Å². The molecule has 1 aromatic heterocycles.